The number of rotatable bonds is 4. The predicted molar refractivity (Wildman–Crippen MR) is 45.8 cm³/mol. The molecule has 11 nitrogen and oxygen atoms in total. The van der Waals surface area contributed by atoms with E-state index in [1.165, 1.54) is 7.05 Å². The fourth-order valence-electron chi connectivity index (χ4n) is 0.769. The minimum absolute atomic E-state index is 0.254. The fourth-order valence-corrected chi connectivity index (χ4v) is 0.769. The molecule has 1 heterocycles. The largest absolute Gasteiger partial charge is 0.493 e. The van der Waals surface area contributed by atoms with Crippen LogP contribution in [0.5, 0.6) is 0 Å². The standard InChI is InChI=1S/C4H7N7O4/c1-8(11(14)15)2-9-3(5)6-4(7-9)10(12)13/h2H2,1H3,(H2,5,6,7). The summed E-state index contributed by atoms with van der Waals surface area (Å²) in [6, 6.07) is 0. The molecule has 0 bridgehead atoms. The zero-order valence-corrected chi connectivity index (χ0v) is 7.60. The second-order valence-electron chi connectivity index (χ2n) is 2.56. The van der Waals surface area contributed by atoms with E-state index in [0.717, 1.165) is 4.68 Å². The van der Waals surface area contributed by atoms with Crippen molar-refractivity contribution in [2.24, 2.45) is 0 Å². The number of nitrogens with two attached hydrogens (primary N) is 1. The lowest BCUT2D eigenvalue weighted by molar-refractivity contribution is -0.656. The van der Waals surface area contributed by atoms with Gasteiger partial charge in [-0.1, -0.05) is 0 Å². The van der Waals surface area contributed by atoms with Gasteiger partial charge in [-0.25, -0.2) is 10.1 Å². The first kappa shape index (κ1) is 10.6. The third kappa shape index (κ3) is 2.26. The second-order valence-corrected chi connectivity index (χ2v) is 2.56. The summed E-state index contributed by atoms with van der Waals surface area (Å²) in [7, 11) is 1.17. The number of anilines is 1. The maximum absolute atomic E-state index is 10.3. The van der Waals surface area contributed by atoms with Crippen LogP contribution >= 0.6 is 0 Å². The highest BCUT2D eigenvalue weighted by Crippen LogP contribution is 2.07. The van der Waals surface area contributed by atoms with Crippen molar-refractivity contribution in [3.05, 3.63) is 20.2 Å². The van der Waals surface area contributed by atoms with Crippen molar-refractivity contribution >= 4 is 11.9 Å². The summed E-state index contributed by atoms with van der Waals surface area (Å²) in [5.41, 5.74) is 5.26. The van der Waals surface area contributed by atoms with Gasteiger partial charge in [-0.15, -0.1) is 9.69 Å². The van der Waals surface area contributed by atoms with Crippen LogP contribution in [-0.2, 0) is 6.67 Å². The highest BCUT2D eigenvalue weighted by molar-refractivity contribution is 5.21. The molecule has 0 aromatic carbocycles. The first-order chi connectivity index (χ1) is 6.91. The Morgan fingerprint density at radius 3 is 2.53 bits per heavy atom. The van der Waals surface area contributed by atoms with E-state index in [1.54, 1.807) is 0 Å². The lowest BCUT2D eigenvalue weighted by Gasteiger charge is -2.05. The Hall–Kier alpha value is -2.46. The van der Waals surface area contributed by atoms with E-state index < -0.39 is 15.9 Å². The molecule has 0 aliphatic carbocycles. The number of aromatic nitrogens is 3. The molecule has 0 amide bonds. The van der Waals surface area contributed by atoms with E-state index in [2.05, 4.69) is 10.1 Å². The third-order valence-electron chi connectivity index (χ3n) is 1.47. The Morgan fingerprint density at radius 1 is 1.53 bits per heavy atom. The Bertz CT molecular complexity index is 400. The van der Waals surface area contributed by atoms with Crippen molar-refractivity contribution in [2.45, 2.75) is 6.67 Å². The molecule has 2 N–H and O–H groups in total. The lowest BCUT2D eigenvalue weighted by atomic mass is 10.9. The SMILES string of the molecule is CN(Cn1nc([N+](=O)[O-])nc1N)[N+](=O)[O-]. The van der Waals surface area contributed by atoms with E-state index in [0.29, 0.717) is 5.01 Å². The number of nitro groups is 2. The van der Waals surface area contributed by atoms with Crippen molar-refractivity contribution in [1.82, 2.24) is 19.8 Å². The van der Waals surface area contributed by atoms with E-state index in [9.17, 15) is 20.2 Å². The molecule has 1 aromatic rings. The molecule has 0 aliphatic rings. The molecule has 0 unspecified atom stereocenters. The summed E-state index contributed by atoms with van der Waals surface area (Å²) in [6.07, 6.45) is 0. The molecular weight excluding hydrogens is 210 g/mol. The second kappa shape index (κ2) is 3.73. The van der Waals surface area contributed by atoms with Crippen LogP contribution in [0.25, 0.3) is 0 Å². The summed E-state index contributed by atoms with van der Waals surface area (Å²) in [5, 5.41) is 23.8. The monoisotopic (exact) mass is 217 g/mol. The molecule has 0 radical (unpaired) electrons. The molecule has 0 aliphatic heterocycles. The molecule has 82 valence electrons. The molecule has 0 fully saturated rings. The Morgan fingerprint density at radius 2 is 2.13 bits per heavy atom. The van der Waals surface area contributed by atoms with Gasteiger partial charge in [-0.3, -0.25) is 0 Å². The van der Waals surface area contributed by atoms with Crippen molar-refractivity contribution < 1.29 is 9.96 Å². The molecule has 0 saturated carbocycles. The normalized spacial score (nSPS) is 9.93. The van der Waals surface area contributed by atoms with E-state index in [4.69, 9.17) is 5.73 Å². The summed E-state index contributed by atoms with van der Waals surface area (Å²) >= 11 is 0. The maximum atomic E-state index is 10.3. The quantitative estimate of drug-likeness (QED) is 0.491. The summed E-state index contributed by atoms with van der Waals surface area (Å²) in [4.78, 5) is 23.0. The molecule has 0 saturated heterocycles. The van der Waals surface area contributed by atoms with Gasteiger partial charge in [-0.2, -0.15) is 0 Å². The number of hydrogen-bond donors (Lipinski definition) is 1. The van der Waals surface area contributed by atoms with Crippen LogP contribution in [0.15, 0.2) is 0 Å². The minimum Gasteiger partial charge on any atom is -0.390 e. The van der Waals surface area contributed by atoms with Crippen LogP contribution in [0.3, 0.4) is 0 Å². The summed E-state index contributed by atoms with van der Waals surface area (Å²) in [5.74, 6) is -0.945. The molecule has 0 spiro atoms. The van der Waals surface area contributed by atoms with Gasteiger partial charge in [0.1, 0.15) is 0 Å². The van der Waals surface area contributed by atoms with E-state index >= 15 is 0 Å². The zero-order chi connectivity index (χ0) is 11.6. The van der Waals surface area contributed by atoms with Crippen LogP contribution in [0.1, 0.15) is 0 Å². The lowest BCUT2D eigenvalue weighted by Crippen LogP contribution is -2.29. The van der Waals surface area contributed by atoms with Gasteiger partial charge < -0.3 is 15.8 Å². The van der Waals surface area contributed by atoms with Gasteiger partial charge in [-0.05, 0) is 9.91 Å². The first-order valence-corrected chi connectivity index (χ1v) is 3.62. The molecule has 1 rings (SSSR count). The van der Waals surface area contributed by atoms with Crippen molar-refractivity contribution in [3.63, 3.8) is 0 Å². The Labute approximate surface area is 82.4 Å². The van der Waals surface area contributed by atoms with E-state index in [-0.39, 0.29) is 12.6 Å². The highest BCUT2D eigenvalue weighted by Gasteiger charge is 2.21. The molecule has 0 atom stereocenters. The zero-order valence-electron chi connectivity index (χ0n) is 7.60. The Balaban J connectivity index is 2.86. The van der Waals surface area contributed by atoms with Crippen molar-refractivity contribution in [1.29, 1.82) is 0 Å². The van der Waals surface area contributed by atoms with Gasteiger partial charge in [0.15, 0.2) is 11.7 Å². The summed E-state index contributed by atoms with van der Waals surface area (Å²) < 4.78 is 0.862. The average Bonchev–Trinajstić information content (AvgIpc) is 2.47. The van der Waals surface area contributed by atoms with Crippen molar-refractivity contribution in [2.75, 3.05) is 12.8 Å². The van der Waals surface area contributed by atoms with Gasteiger partial charge >= 0.3 is 11.9 Å². The molecule has 1 aromatic heterocycles. The Kier molecular flexibility index (Phi) is 2.64. The van der Waals surface area contributed by atoms with Gasteiger partial charge in [0, 0.05) is 5.10 Å². The third-order valence-corrected chi connectivity index (χ3v) is 1.47. The van der Waals surface area contributed by atoms with Crippen LogP contribution in [0, 0.1) is 20.2 Å². The predicted octanol–water partition coefficient (Wildman–Crippen LogP) is -1.15. The van der Waals surface area contributed by atoms with Gasteiger partial charge in [0.25, 0.3) is 0 Å². The summed E-state index contributed by atoms with van der Waals surface area (Å²) in [6.45, 7) is -0.320. The fraction of sp³-hybridized carbons (Fsp3) is 0.500. The number of hydrazine groups is 1. The number of nitrogens with zero attached hydrogens (tertiary/aromatic N) is 6. The van der Waals surface area contributed by atoms with E-state index in [1.807, 2.05) is 0 Å². The topological polar surface area (TPSA) is 146 Å². The average molecular weight is 217 g/mol. The molecular formula is C4H7N7O4. The molecule has 11 heteroatoms. The van der Waals surface area contributed by atoms with Gasteiger partial charge in [0.05, 0.1) is 7.05 Å². The van der Waals surface area contributed by atoms with Gasteiger partial charge in [0.2, 0.25) is 0 Å². The number of hydrogen-bond acceptors (Lipinski definition) is 7. The van der Waals surface area contributed by atoms with Crippen LogP contribution in [0.2, 0.25) is 0 Å². The number of nitrogen functional groups attached to an aromatic ring is 1. The smallest absolute Gasteiger partial charge is 0.390 e. The highest BCUT2D eigenvalue weighted by atomic mass is 16.7. The minimum atomic E-state index is -0.834. The molecule has 15 heavy (non-hydrogen) atoms. The maximum Gasteiger partial charge on any atom is 0.493 e. The van der Waals surface area contributed by atoms with Crippen LogP contribution in [-0.4, -0.2) is 36.8 Å². The first-order valence-electron chi connectivity index (χ1n) is 3.62. The van der Waals surface area contributed by atoms with Crippen molar-refractivity contribution in [3.8, 4) is 0 Å². The van der Waals surface area contributed by atoms with Crippen LogP contribution in [0.4, 0.5) is 11.9 Å². The van der Waals surface area contributed by atoms with Crippen LogP contribution < -0.4 is 5.73 Å².